The molecule has 0 spiro atoms. The molecule has 1 aromatic carbocycles. The molecule has 3 rings (SSSR count). The van der Waals surface area contributed by atoms with Gasteiger partial charge in [0.1, 0.15) is 0 Å². The number of piperidine rings is 1. The Labute approximate surface area is 128 Å². The molecule has 1 saturated heterocycles. The standard InChI is InChI=1S/C16H20N2O2S/c19-15(17-10-4-1-5-11-17)9-6-12-18-13-7-2-3-8-14(13)21-16(18)20/h2-3,7-8H,1,4-6,9-12H2. The fourth-order valence-electron chi connectivity index (χ4n) is 2.92. The van der Waals surface area contributed by atoms with E-state index in [0.717, 1.165) is 42.6 Å². The van der Waals surface area contributed by atoms with Gasteiger partial charge in [-0.3, -0.25) is 14.2 Å². The predicted molar refractivity (Wildman–Crippen MR) is 85.8 cm³/mol. The molecule has 1 amide bonds. The van der Waals surface area contributed by atoms with Gasteiger partial charge in [-0.2, -0.15) is 0 Å². The molecule has 1 aliphatic rings. The third-order valence-electron chi connectivity index (χ3n) is 4.05. The summed E-state index contributed by atoms with van der Waals surface area (Å²) >= 11 is 1.28. The summed E-state index contributed by atoms with van der Waals surface area (Å²) in [5.74, 6) is 0.238. The van der Waals surface area contributed by atoms with Crippen molar-refractivity contribution in [3.8, 4) is 0 Å². The van der Waals surface area contributed by atoms with E-state index < -0.39 is 0 Å². The average Bonchev–Trinajstić information content (AvgIpc) is 2.84. The summed E-state index contributed by atoms with van der Waals surface area (Å²) < 4.78 is 2.81. The SMILES string of the molecule is O=C(CCCn1c(=O)sc2ccccc21)N1CCCCC1. The van der Waals surface area contributed by atoms with Gasteiger partial charge in [-0.25, -0.2) is 0 Å². The summed E-state index contributed by atoms with van der Waals surface area (Å²) in [4.78, 5) is 26.2. The van der Waals surface area contributed by atoms with E-state index in [2.05, 4.69) is 0 Å². The molecule has 0 bridgehead atoms. The normalized spacial score (nSPS) is 15.5. The number of para-hydroxylation sites is 1. The van der Waals surface area contributed by atoms with Crippen molar-refractivity contribution in [2.24, 2.45) is 0 Å². The van der Waals surface area contributed by atoms with Crippen LogP contribution in [0.1, 0.15) is 32.1 Å². The zero-order valence-electron chi connectivity index (χ0n) is 12.1. The minimum Gasteiger partial charge on any atom is -0.343 e. The van der Waals surface area contributed by atoms with Crippen molar-refractivity contribution < 1.29 is 4.79 Å². The van der Waals surface area contributed by atoms with Crippen LogP contribution in [0.3, 0.4) is 0 Å². The Balaban J connectivity index is 1.60. The molecule has 2 aromatic rings. The summed E-state index contributed by atoms with van der Waals surface area (Å²) in [6.45, 7) is 2.43. The molecule has 0 radical (unpaired) electrons. The lowest BCUT2D eigenvalue weighted by atomic mass is 10.1. The molecule has 0 saturated carbocycles. The maximum atomic E-state index is 12.1. The van der Waals surface area contributed by atoms with Crippen LogP contribution in [0.15, 0.2) is 29.1 Å². The molecule has 1 aromatic heterocycles. The van der Waals surface area contributed by atoms with Gasteiger partial charge < -0.3 is 4.90 Å². The molecule has 2 heterocycles. The monoisotopic (exact) mass is 304 g/mol. The first-order valence-corrected chi connectivity index (χ1v) is 8.43. The Morgan fingerprint density at radius 2 is 1.90 bits per heavy atom. The van der Waals surface area contributed by atoms with E-state index >= 15 is 0 Å². The Bertz CT molecular complexity index is 683. The lowest BCUT2D eigenvalue weighted by Gasteiger charge is -2.26. The lowest BCUT2D eigenvalue weighted by molar-refractivity contribution is -0.132. The molecule has 0 atom stereocenters. The molecule has 0 unspecified atom stereocenters. The van der Waals surface area contributed by atoms with E-state index in [1.807, 2.05) is 29.2 Å². The van der Waals surface area contributed by atoms with E-state index in [1.54, 1.807) is 4.57 Å². The number of rotatable bonds is 4. The zero-order valence-corrected chi connectivity index (χ0v) is 12.9. The van der Waals surface area contributed by atoms with Crippen LogP contribution < -0.4 is 4.87 Å². The number of nitrogens with zero attached hydrogens (tertiary/aromatic N) is 2. The molecule has 5 heteroatoms. The number of thiazole rings is 1. The van der Waals surface area contributed by atoms with Crippen LogP contribution >= 0.6 is 11.3 Å². The largest absolute Gasteiger partial charge is 0.343 e. The van der Waals surface area contributed by atoms with Gasteiger partial charge in [0, 0.05) is 26.1 Å². The van der Waals surface area contributed by atoms with Gasteiger partial charge in [-0.15, -0.1) is 0 Å². The number of aromatic nitrogens is 1. The van der Waals surface area contributed by atoms with Crippen molar-refractivity contribution in [1.29, 1.82) is 0 Å². The highest BCUT2D eigenvalue weighted by Gasteiger charge is 2.16. The maximum Gasteiger partial charge on any atom is 0.308 e. The average molecular weight is 304 g/mol. The molecule has 1 fully saturated rings. The van der Waals surface area contributed by atoms with Gasteiger partial charge in [0.25, 0.3) is 0 Å². The fourth-order valence-corrected chi connectivity index (χ4v) is 3.83. The number of amides is 1. The van der Waals surface area contributed by atoms with Crippen molar-refractivity contribution in [3.63, 3.8) is 0 Å². The third-order valence-corrected chi connectivity index (χ3v) is 5.01. The Hall–Kier alpha value is -1.62. The van der Waals surface area contributed by atoms with E-state index in [1.165, 1.54) is 17.8 Å². The van der Waals surface area contributed by atoms with Gasteiger partial charge in [0.05, 0.1) is 10.2 Å². The number of hydrogen-bond donors (Lipinski definition) is 0. The van der Waals surface area contributed by atoms with E-state index in [-0.39, 0.29) is 10.8 Å². The van der Waals surface area contributed by atoms with Gasteiger partial charge in [0.15, 0.2) is 0 Å². The quantitative estimate of drug-likeness (QED) is 0.871. The number of benzene rings is 1. The molecular formula is C16H20N2O2S. The highest BCUT2D eigenvalue weighted by molar-refractivity contribution is 7.16. The van der Waals surface area contributed by atoms with Crippen LogP contribution in [-0.4, -0.2) is 28.5 Å². The van der Waals surface area contributed by atoms with Crippen LogP contribution in [-0.2, 0) is 11.3 Å². The number of aryl methyl sites for hydroxylation is 1. The van der Waals surface area contributed by atoms with Crippen molar-refractivity contribution in [2.45, 2.75) is 38.6 Å². The van der Waals surface area contributed by atoms with Crippen molar-refractivity contribution in [2.75, 3.05) is 13.1 Å². The van der Waals surface area contributed by atoms with Gasteiger partial charge in [0.2, 0.25) is 5.91 Å². The number of carbonyl (C=O) groups excluding carboxylic acids is 1. The van der Waals surface area contributed by atoms with Crippen molar-refractivity contribution in [3.05, 3.63) is 33.9 Å². The Kier molecular flexibility index (Phi) is 4.39. The molecule has 1 aliphatic heterocycles. The summed E-state index contributed by atoms with van der Waals surface area (Å²) in [5, 5.41) is 0. The van der Waals surface area contributed by atoms with Crippen LogP contribution in [0, 0.1) is 0 Å². The predicted octanol–water partition coefficient (Wildman–Crippen LogP) is 2.86. The highest BCUT2D eigenvalue weighted by atomic mass is 32.1. The van der Waals surface area contributed by atoms with Gasteiger partial charge >= 0.3 is 4.87 Å². The second-order valence-corrected chi connectivity index (χ2v) is 6.53. The van der Waals surface area contributed by atoms with Crippen molar-refractivity contribution in [1.82, 2.24) is 9.47 Å². The van der Waals surface area contributed by atoms with E-state index in [9.17, 15) is 9.59 Å². The van der Waals surface area contributed by atoms with Gasteiger partial charge in [-0.1, -0.05) is 23.5 Å². The van der Waals surface area contributed by atoms with E-state index in [4.69, 9.17) is 0 Å². The lowest BCUT2D eigenvalue weighted by Crippen LogP contribution is -2.35. The first kappa shape index (κ1) is 14.3. The topological polar surface area (TPSA) is 42.3 Å². The maximum absolute atomic E-state index is 12.1. The molecule has 0 N–H and O–H groups in total. The minimum absolute atomic E-state index is 0.0709. The Morgan fingerprint density at radius 3 is 2.71 bits per heavy atom. The van der Waals surface area contributed by atoms with Crippen LogP contribution in [0.5, 0.6) is 0 Å². The summed E-state index contributed by atoms with van der Waals surface area (Å²) in [5.41, 5.74) is 0.984. The summed E-state index contributed by atoms with van der Waals surface area (Å²) in [7, 11) is 0. The van der Waals surface area contributed by atoms with Crippen LogP contribution in [0.4, 0.5) is 0 Å². The minimum atomic E-state index is 0.0709. The number of hydrogen-bond acceptors (Lipinski definition) is 3. The first-order valence-electron chi connectivity index (χ1n) is 7.62. The first-order chi connectivity index (χ1) is 10.3. The summed E-state index contributed by atoms with van der Waals surface area (Å²) in [6.07, 6.45) is 4.76. The smallest absolute Gasteiger partial charge is 0.308 e. The second-order valence-electron chi connectivity index (χ2n) is 5.53. The molecule has 112 valence electrons. The number of likely N-dealkylation sites (tertiary alicyclic amines) is 1. The van der Waals surface area contributed by atoms with Crippen LogP contribution in [0.25, 0.3) is 10.2 Å². The molecule has 21 heavy (non-hydrogen) atoms. The summed E-state index contributed by atoms with van der Waals surface area (Å²) in [6, 6.07) is 7.84. The van der Waals surface area contributed by atoms with E-state index in [0.29, 0.717) is 13.0 Å². The fraction of sp³-hybridized carbons (Fsp3) is 0.500. The van der Waals surface area contributed by atoms with Gasteiger partial charge in [-0.05, 0) is 37.8 Å². The third kappa shape index (κ3) is 3.18. The second kappa shape index (κ2) is 6.43. The highest BCUT2D eigenvalue weighted by Crippen LogP contribution is 2.17. The molecule has 0 aliphatic carbocycles. The zero-order chi connectivity index (χ0) is 14.7. The Morgan fingerprint density at radius 1 is 1.14 bits per heavy atom. The molecule has 4 nitrogen and oxygen atoms in total. The van der Waals surface area contributed by atoms with Crippen molar-refractivity contribution >= 4 is 27.5 Å². The van der Waals surface area contributed by atoms with Crippen LogP contribution in [0.2, 0.25) is 0 Å². The number of carbonyl (C=O) groups is 1. The number of fused-ring (bicyclic) bond motifs is 1. The molecular weight excluding hydrogens is 284 g/mol.